The summed E-state index contributed by atoms with van der Waals surface area (Å²) < 4.78 is 12.3. The lowest BCUT2D eigenvalue weighted by molar-refractivity contribution is 0.00578. The standard InChI is InChI=1S/C17H27BN2O2/c1-16(2)17(3,4)22-18(21-16)14-7-5-8-15(13-14)20-11-6-9-19-10-12-20/h5,7-8,13,19H,6,9-12H2,1-4H3. The SMILES string of the molecule is CC1(C)OB(c2cccc(N3CCCNCC3)c2)OC1(C)C. The molecule has 0 aromatic heterocycles. The Morgan fingerprint density at radius 2 is 1.77 bits per heavy atom. The van der Waals surface area contributed by atoms with Crippen LogP contribution in [0.4, 0.5) is 5.69 Å². The van der Waals surface area contributed by atoms with Gasteiger partial charge in [0.25, 0.3) is 0 Å². The molecular weight excluding hydrogens is 275 g/mol. The molecule has 2 aliphatic rings. The largest absolute Gasteiger partial charge is 0.494 e. The molecular formula is C17H27BN2O2. The van der Waals surface area contributed by atoms with E-state index >= 15 is 0 Å². The van der Waals surface area contributed by atoms with Crippen LogP contribution in [-0.2, 0) is 9.31 Å². The lowest BCUT2D eigenvalue weighted by Crippen LogP contribution is -2.41. The van der Waals surface area contributed by atoms with Crippen molar-refractivity contribution >= 4 is 18.3 Å². The van der Waals surface area contributed by atoms with Gasteiger partial charge in [-0.15, -0.1) is 0 Å². The van der Waals surface area contributed by atoms with Gasteiger partial charge in [0.2, 0.25) is 0 Å². The molecule has 1 aromatic rings. The van der Waals surface area contributed by atoms with Crippen molar-refractivity contribution in [1.29, 1.82) is 0 Å². The summed E-state index contributed by atoms with van der Waals surface area (Å²) in [6.07, 6.45) is 1.18. The Labute approximate surface area is 134 Å². The summed E-state index contributed by atoms with van der Waals surface area (Å²) in [5.41, 5.74) is 1.78. The van der Waals surface area contributed by atoms with E-state index in [1.54, 1.807) is 0 Å². The fourth-order valence-electron chi connectivity index (χ4n) is 2.95. The van der Waals surface area contributed by atoms with E-state index in [0.717, 1.165) is 31.6 Å². The zero-order valence-electron chi connectivity index (χ0n) is 14.2. The van der Waals surface area contributed by atoms with E-state index in [4.69, 9.17) is 9.31 Å². The molecule has 0 radical (unpaired) electrons. The summed E-state index contributed by atoms with van der Waals surface area (Å²) in [6.45, 7) is 12.7. The first kappa shape index (κ1) is 15.8. The van der Waals surface area contributed by atoms with Crippen LogP contribution in [0.1, 0.15) is 34.1 Å². The lowest BCUT2D eigenvalue weighted by atomic mass is 9.79. The summed E-state index contributed by atoms with van der Waals surface area (Å²) in [7, 11) is -0.282. The Hall–Kier alpha value is -1.04. The van der Waals surface area contributed by atoms with Crippen molar-refractivity contribution in [2.45, 2.75) is 45.3 Å². The molecule has 2 fully saturated rings. The number of rotatable bonds is 2. The first-order chi connectivity index (χ1) is 10.4. The second-order valence-electron chi connectivity index (χ2n) is 7.27. The highest BCUT2D eigenvalue weighted by atomic mass is 16.7. The molecule has 0 saturated carbocycles. The molecule has 4 nitrogen and oxygen atoms in total. The van der Waals surface area contributed by atoms with E-state index in [-0.39, 0.29) is 18.3 Å². The van der Waals surface area contributed by atoms with Gasteiger partial charge in [0, 0.05) is 25.3 Å². The first-order valence-electron chi connectivity index (χ1n) is 8.30. The van der Waals surface area contributed by atoms with Gasteiger partial charge in [-0.1, -0.05) is 12.1 Å². The third-order valence-electron chi connectivity index (χ3n) is 5.10. The summed E-state index contributed by atoms with van der Waals surface area (Å²) in [4.78, 5) is 2.44. The number of hydrogen-bond donors (Lipinski definition) is 1. The van der Waals surface area contributed by atoms with Gasteiger partial charge in [0.1, 0.15) is 0 Å². The Bertz CT molecular complexity index is 509. The molecule has 0 aliphatic carbocycles. The molecule has 2 saturated heterocycles. The van der Waals surface area contributed by atoms with Crippen LogP contribution >= 0.6 is 0 Å². The molecule has 0 bridgehead atoms. The average Bonchev–Trinajstić information content (AvgIpc) is 2.67. The average molecular weight is 302 g/mol. The highest BCUT2D eigenvalue weighted by Gasteiger charge is 2.51. The molecule has 0 unspecified atom stereocenters. The van der Waals surface area contributed by atoms with E-state index in [9.17, 15) is 0 Å². The van der Waals surface area contributed by atoms with Crippen LogP contribution in [0.15, 0.2) is 24.3 Å². The van der Waals surface area contributed by atoms with E-state index in [2.05, 4.69) is 62.2 Å². The number of nitrogens with zero attached hydrogens (tertiary/aromatic N) is 1. The fourth-order valence-corrected chi connectivity index (χ4v) is 2.95. The molecule has 120 valence electrons. The fraction of sp³-hybridized carbons (Fsp3) is 0.647. The summed E-state index contributed by atoms with van der Waals surface area (Å²) in [6, 6.07) is 8.60. The molecule has 0 atom stereocenters. The van der Waals surface area contributed by atoms with E-state index < -0.39 is 0 Å². The van der Waals surface area contributed by atoms with Crippen molar-refractivity contribution in [1.82, 2.24) is 5.32 Å². The van der Waals surface area contributed by atoms with Gasteiger partial charge < -0.3 is 19.5 Å². The molecule has 1 aromatic carbocycles. The minimum atomic E-state index is -0.291. The van der Waals surface area contributed by atoms with E-state index in [1.165, 1.54) is 12.1 Å². The monoisotopic (exact) mass is 302 g/mol. The highest BCUT2D eigenvalue weighted by molar-refractivity contribution is 6.62. The highest BCUT2D eigenvalue weighted by Crippen LogP contribution is 2.36. The molecule has 2 heterocycles. The van der Waals surface area contributed by atoms with Crippen molar-refractivity contribution in [2.75, 3.05) is 31.1 Å². The molecule has 5 heteroatoms. The van der Waals surface area contributed by atoms with Crippen molar-refractivity contribution in [3.8, 4) is 0 Å². The van der Waals surface area contributed by atoms with E-state index in [1.807, 2.05) is 0 Å². The van der Waals surface area contributed by atoms with Crippen LogP contribution in [0, 0.1) is 0 Å². The number of benzene rings is 1. The van der Waals surface area contributed by atoms with Crippen LogP contribution in [0.25, 0.3) is 0 Å². The second-order valence-corrected chi connectivity index (χ2v) is 7.27. The van der Waals surface area contributed by atoms with Crippen molar-refractivity contribution in [3.05, 3.63) is 24.3 Å². The Morgan fingerprint density at radius 1 is 1.05 bits per heavy atom. The molecule has 1 N–H and O–H groups in total. The topological polar surface area (TPSA) is 33.7 Å². The van der Waals surface area contributed by atoms with Crippen LogP contribution in [-0.4, -0.2) is 44.5 Å². The van der Waals surface area contributed by atoms with E-state index in [0.29, 0.717) is 0 Å². The van der Waals surface area contributed by atoms with Gasteiger partial charge in [0.15, 0.2) is 0 Å². The molecule has 0 spiro atoms. The Morgan fingerprint density at radius 3 is 2.50 bits per heavy atom. The molecule has 0 amide bonds. The smallest absolute Gasteiger partial charge is 0.399 e. The van der Waals surface area contributed by atoms with Crippen LogP contribution < -0.4 is 15.7 Å². The van der Waals surface area contributed by atoms with Gasteiger partial charge in [-0.25, -0.2) is 0 Å². The zero-order chi connectivity index (χ0) is 15.8. The summed E-state index contributed by atoms with van der Waals surface area (Å²) in [5, 5.41) is 3.45. The maximum atomic E-state index is 6.16. The normalized spacial score (nSPS) is 24.4. The van der Waals surface area contributed by atoms with Gasteiger partial charge >= 0.3 is 7.12 Å². The van der Waals surface area contributed by atoms with Crippen molar-refractivity contribution in [2.24, 2.45) is 0 Å². The van der Waals surface area contributed by atoms with Crippen LogP contribution in [0.3, 0.4) is 0 Å². The van der Waals surface area contributed by atoms with Gasteiger partial charge in [-0.2, -0.15) is 0 Å². The Balaban J connectivity index is 1.80. The summed E-state index contributed by atoms with van der Waals surface area (Å²) >= 11 is 0. The number of nitrogens with one attached hydrogen (secondary N) is 1. The maximum Gasteiger partial charge on any atom is 0.494 e. The number of anilines is 1. The Kier molecular flexibility index (Phi) is 4.23. The third kappa shape index (κ3) is 3.03. The van der Waals surface area contributed by atoms with Crippen LogP contribution in [0.2, 0.25) is 0 Å². The van der Waals surface area contributed by atoms with Gasteiger partial charge in [-0.05, 0) is 58.3 Å². The zero-order valence-corrected chi connectivity index (χ0v) is 14.2. The lowest BCUT2D eigenvalue weighted by Gasteiger charge is -2.32. The molecule has 22 heavy (non-hydrogen) atoms. The minimum Gasteiger partial charge on any atom is -0.399 e. The third-order valence-corrected chi connectivity index (χ3v) is 5.10. The van der Waals surface area contributed by atoms with Gasteiger partial charge in [0.05, 0.1) is 11.2 Å². The van der Waals surface area contributed by atoms with Crippen molar-refractivity contribution < 1.29 is 9.31 Å². The molecule has 2 aliphatic heterocycles. The first-order valence-corrected chi connectivity index (χ1v) is 8.30. The predicted octanol–water partition coefficient (Wildman–Crippen LogP) is 1.79. The predicted molar refractivity (Wildman–Crippen MR) is 91.9 cm³/mol. The maximum absolute atomic E-state index is 6.16. The van der Waals surface area contributed by atoms with Crippen molar-refractivity contribution in [3.63, 3.8) is 0 Å². The van der Waals surface area contributed by atoms with Gasteiger partial charge in [-0.3, -0.25) is 0 Å². The number of hydrogen-bond acceptors (Lipinski definition) is 4. The van der Waals surface area contributed by atoms with Crippen LogP contribution in [0.5, 0.6) is 0 Å². The molecule has 3 rings (SSSR count). The second kappa shape index (κ2) is 5.87. The minimum absolute atomic E-state index is 0.282. The summed E-state index contributed by atoms with van der Waals surface area (Å²) in [5.74, 6) is 0. The quantitative estimate of drug-likeness (QED) is 0.845.